The normalized spacial score (nSPS) is 11.0. The summed E-state index contributed by atoms with van der Waals surface area (Å²) in [5, 5.41) is 5.43. The molecule has 6 heteroatoms. The van der Waals surface area contributed by atoms with Crippen LogP contribution in [0.3, 0.4) is 0 Å². The van der Waals surface area contributed by atoms with E-state index in [1.54, 1.807) is 50.2 Å². The van der Waals surface area contributed by atoms with Gasteiger partial charge in [-0.25, -0.2) is 4.39 Å². The Kier molecular flexibility index (Phi) is 6.45. The summed E-state index contributed by atoms with van der Waals surface area (Å²) in [6.45, 7) is 4.89. The average molecular weight is 370 g/mol. The molecule has 0 radical (unpaired) electrons. The highest BCUT2D eigenvalue weighted by molar-refractivity contribution is 6.10. The van der Waals surface area contributed by atoms with Crippen molar-refractivity contribution in [3.63, 3.8) is 0 Å². The van der Waals surface area contributed by atoms with Crippen LogP contribution in [0.25, 0.3) is 0 Å². The van der Waals surface area contributed by atoms with E-state index in [-0.39, 0.29) is 11.6 Å². The monoisotopic (exact) mass is 370 g/mol. The Balaban J connectivity index is 1.90. The first-order chi connectivity index (χ1) is 12.7. The van der Waals surface area contributed by atoms with Gasteiger partial charge in [0.05, 0.1) is 0 Å². The maximum atomic E-state index is 12.9. The highest BCUT2D eigenvalue weighted by atomic mass is 19.1. The van der Waals surface area contributed by atoms with Gasteiger partial charge in [-0.1, -0.05) is 12.1 Å². The van der Waals surface area contributed by atoms with E-state index in [0.717, 1.165) is 5.56 Å². The van der Waals surface area contributed by atoms with Gasteiger partial charge >= 0.3 is 0 Å². The molecule has 0 aliphatic heterocycles. The molecule has 0 aliphatic rings. The fourth-order valence-electron chi connectivity index (χ4n) is 2.37. The minimum atomic E-state index is -1.28. The molecule has 0 bridgehead atoms. The topological polar surface area (TPSA) is 75.3 Å². The van der Waals surface area contributed by atoms with Crippen molar-refractivity contribution < 1.29 is 18.8 Å². The number of halogens is 1. The van der Waals surface area contributed by atoms with Crippen LogP contribution in [0.5, 0.6) is 0 Å². The number of amides is 2. The van der Waals surface area contributed by atoms with Gasteiger partial charge in [-0.3, -0.25) is 14.4 Å². The number of benzene rings is 2. The molecule has 2 amide bonds. The third-order valence-electron chi connectivity index (χ3n) is 4.30. The van der Waals surface area contributed by atoms with E-state index in [2.05, 4.69) is 10.6 Å². The van der Waals surface area contributed by atoms with Crippen LogP contribution < -0.4 is 10.6 Å². The lowest BCUT2D eigenvalue weighted by Gasteiger charge is -2.22. The van der Waals surface area contributed by atoms with E-state index < -0.39 is 17.2 Å². The Hall–Kier alpha value is -3.02. The fourth-order valence-corrected chi connectivity index (χ4v) is 2.37. The van der Waals surface area contributed by atoms with Crippen molar-refractivity contribution in [1.82, 2.24) is 5.32 Å². The highest BCUT2D eigenvalue weighted by Crippen LogP contribution is 2.19. The van der Waals surface area contributed by atoms with Gasteiger partial charge in [0.25, 0.3) is 0 Å². The van der Waals surface area contributed by atoms with Gasteiger partial charge in [0.2, 0.25) is 11.8 Å². The molecule has 0 heterocycles. The number of hydrogen-bond donors (Lipinski definition) is 2. The summed E-state index contributed by atoms with van der Waals surface area (Å²) in [6.07, 6.45) is 0.538. The number of carbonyl (C=O) groups excluding carboxylic acids is 3. The van der Waals surface area contributed by atoms with Crippen molar-refractivity contribution in [2.75, 3.05) is 11.9 Å². The van der Waals surface area contributed by atoms with Crippen LogP contribution >= 0.6 is 0 Å². The Morgan fingerprint density at radius 1 is 0.926 bits per heavy atom. The number of Topliss-reactive ketones (excluding diaryl/α,β-unsaturated/α-hetero) is 1. The SMILES string of the molecule is CC(=O)c1ccc(NC(=O)C(C)(C)C(=O)NCCc2ccc(F)cc2)cc1. The predicted octanol–water partition coefficient (Wildman–Crippen LogP) is 3.35. The quantitative estimate of drug-likeness (QED) is 0.580. The van der Waals surface area contributed by atoms with Crippen molar-refractivity contribution in [2.24, 2.45) is 5.41 Å². The number of ketones is 1. The van der Waals surface area contributed by atoms with E-state index in [4.69, 9.17) is 0 Å². The van der Waals surface area contributed by atoms with Crippen LogP contribution in [0, 0.1) is 11.2 Å². The molecule has 27 heavy (non-hydrogen) atoms. The Bertz CT molecular complexity index is 828. The molecule has 0 fully saturated rings. The molecule has 0 saturated carbocycles. The molecular weight excluding hydrogens is 347 g/mol. The molecule has 0 spiro atoms. The molecule has 0 unspecified atom stereocenters. The molecule has 0 saturated heterocycles. The minimum absolute atomic E-state index is 0.0614. The van der Waals surface area contributed by atoms with E-state index >= 15 is 0 Å². The van der Waals surface area contributed by atoms with E-state index in [0.29, 0.717) is 24.2 Å². The first-order valence-electron chi connectivity index (χ1n) is 8.65. The van der Waals surface area contributed by atoms with E-state index in [1.807, 2.05) is 0 Å². The van der Waals surface area contributed by atoms with Crippen molar-refractivity contribution in [3.8, 4) is 0 Å². The predicted molar refractivity (Wildman–Crippen MR) is 102 cm³/mol. The Morgan fingerprint density at radius 3 is 2.07 bits per heavy atom. The molecule has 5 nitrogen and oxygen atoms in total. The lowest BCUT2D eigenvalue weighted by Crippen LogP contribution is -2.45. The van der Waals surface area contributed by atoms with Crippen molar-refractivity contribution in [3.05, 3.63) is 65.5 Å². The van der Waals surface area contributed by atoms with Gasteiger partial charge in [0, 0.05) is 17.8 Å². The lowest BCUT2D eigenvalue weighted by atomic mass is 9.90. The third-order valence-corrected chi connectivity index (χ3v) is 4.30. The summed E-state index contributed by atoms with van der Waals surface area (Å²) in [7, 11) is 0. The van der Waals surface area contributed by atoms with Crippen LogP contribution in [0.4, 0.5) is 10.1 Å². The standard InChI is InChI=1S/C21H23FN2O3/c1-14(25)16-6-10-18(11-7-16)24-20(27)21(2,3)19(26)23-13-12-15-4-8-17(22)9-5-15/h4-11H,12-13H2,1-3H3,(H,23,26)(H,24,27). The second-order valence-electron chi connectivity index (χ2n) is 6.85. The molecule has 2 aromatic rings. The first kappa shape index (κ1) is 20.3. The zero-order valence-corrected chi connectivity index (χ0v) is 15.6. The van der Waals surface area contributed by atoms with Gasteiger partial charge in [-0.2, -0.15) is 0 Å². The molecule has 2 N–H and O–H groups in total. The Morgan fingerprint density at radius 2 is 1.52 bits per heavy atom. The first-order valence-corrected chi connectivity index (χ1v) is 8.65. The zero-order valence-electron chi connectivity index (χ0n) is 15.6. The average Bonchev–Trinajstić information content (AvgIpc) is 2.63. The molecule has 0 atom stereocenters. The summed E-state index contributed by atoms with van der Waals surface area (Å²) in [6, 6.07) is 12.5. The van der Waals surface area contributed by atoms with E-state index in [9.17, 15) is 18.8 Å². The maximum Gasteiger partial charge on any atom is 0.239 e. The number of carbonyl (C=O) groups is 3. The Labute approximate surface area is 158 Å². The van der Waals surface area contributed by atoms with Crippen LogP contribution in [0.2, 0.25) is 0 Å². The van der Waals surface area contributed by atoms with Gasteiger partial charge in [0.1, 0.15) is 11.2 Å². The molecule has 142 valence electrons. The summed E-state index contributed by atoms with van der Waals surface area (Å²) >= 11 is 0. The number of hydrogen-bond acceptors (Lipinski definition) is 3. The zero-order chi connectivity index (χ0) is 20.0. The lowest BCUT2D eigenvalue weighted by molar-refractivity contribution is -0.138. The second kappa shape index (κ2) is 8.58. The van der Waals surface area contributed by atoms with Crippen LogP contribution in [-0.2, 0) is 16.0 Å². The van der Waals surface area contributed by atoms with Crippen molar-refractivity contribution in [2.45, 2.75) is 27.2 Å². The summed E-state index contributed by atoms with van der Waals surface area (Å²) in [5.74, 6) is -1.22. The smallest absolute Gasteiger partial charge is 0.239 e. The fraction of sp³-hybridized carbons (Fsp3) is 0.286. The van der Waals surface area contributed by atoms with Gasteiger partial charge < -0.3 is 10.6 Å². The molecule has 0 aromatic heterocycles. The summed E-state index contributed by atoms with van der Waals surface area (Å²) < 4.78 is 12.9. The number of rotatable bonds is 7. The van der Waals surface area contributed by atoms with Gasteiger partial charge in [-0.15, -0.1) is 0 Å². The molecule has 2 aromatic carbocycles. The number of nitrogens with one attached hydrogen (secondary N) is 2. The van der Waals surface area contributed by atoms with Gasteiger partial charge in [0.15, 0.2) is 5.78 Å². The molecule has 0 aliphatic carbocycles. The summed E-state index contributed by atoms with van der Waals surface area (Å²) in [4.78, 5) is 36.2. The highest BCUT2D eigenvalue weighted by Gasteiger charge is 2.35. The second-order valence-corrected chi connectivity index (χ2v) is 6.85. The molecule has 2 rings (SSSR count). The minimum Gasteiger partial charge on any atom is -0.355 e. The van der Waals surface area contributed by atoms with Gasteiger partial charge in [-0.05, 0) is 69.2 Å². The third kappa shape index (κ3) is 5.48. The molecular formula is C21H23FN2O3. The largest absolute Gasteiger partial charge is 0.355 e. The maximum absolute atomic E-state index is 12.9. The van der Waals surface area contributed by atoms with Crippen LogP contribution in [0.1, 0.15) is 36.7 Å². The summed E-state index contributed by atoms with van der Waals surface area (Å²) in [5.41, 5.74) is 0.676. The van der Waals surface area contributed by atoms with Crippen LogP contribution in [0.15, 0.2) is 48.5 Å². The number of anilines is 1. The van der Waals surface area contributed by atoms with E-state index in [1.165, 1.54) is 19.1 Å². The van der Waals surface area contributed by atoms with Crippen molar-refractivity contribution >= 4 is 23.3 Å². The van der Waals surface area contributed by atoms with Crippen molar-refractivity contribution in [1.29, 1.82) is 0 Å². The van der Waals surface area contributed by atoms with Crippen LogP contribution in [-0.4, -0.2) is 24.1 Å².